The van der Waals surface area contributed by atoms with Crippen LogP contribution in [0.2, 0.25) is 0 Å². The third-order valence-electron chi connectivity index (χ3n) is 5.46. The highest BCUT2D eigenvalue weighted by molar-refractivity contribution is 6.16. The third-order valence-corrected chi connectivity index (χ3v) is 5.46. The number of ether oxygens (including phenoxy) is 1. The highest BCUT2D eigenvalue weighted by Crippen LogP contribution is 2.31. The average molecular weight is 465 g/mol. The van der Waals surface area contributed by atoms with Crippen molar-refractivity contribution in [2.24, 2.45) is 0 Å². The number of morpholine rings is 1. The molecule has 4 rings (SSSR count). The summed E-state index contributed by atoms with van der Waals surface area (Å²) in [6.07, 6.45) is 1.36. The van der Waals surface area contributed by atoms with E-state index in [4.69, 9.17) is 4.74 Å². The maximum atomic E-state index is 12.7. The van der Waals surface area contributed by atoms with Crippen molar-refractivity contribution in [1.29, 1.82) is 0 Å². The number of hydrogen-bond donors (Lipinski definition) is 2. The molecule has 2 N–H and O–H groups in total. The molecule has 0 saturated carbocycles. The summed E-state index contributed by atoms with van der Waals surface area (Å²) in [5.41, 5.74) is 2.24. The van der Waals surface area contributed by atoms with Gasteiger partial charge in [-0.05, 0) is 36.8 Å². The lowest BCUT2D eigenvalue weighted by molar-refractivity contribution is -0.384. The fourth-order valence-corrected chi connectivity index (χ4v) is 3.71. The summed E-state index contributed by atoms with van der Waals surface area (Å²) in [5.74, 6) is -1.22. The van der Waals surface area contributed by atoms with Gasteiger partial charge in [0.15, 0.2) is 0 Å². The molecule has 0 atom stereocenters. The molecule has 0 aliphatic carbocycles. The van der Waals surface area contributed by atoms with Gasteiger partial charge in [-0.1, -0.05) is 23.8 Å². The largest absolute Gasteiger partial charge is 0.378 e. The summed E-state index contributed by atoms with van der Waals surface area (Å²) in [4.78, 5) is 51.2. The second kappa shape index (κ2) is 9.71. The molecule has 2 aliphatic rings. The first-order chi connectivity index (χ1) is 16.3. The van der Waals surface area contributed by atoms with Crippen LogP contribution in [0, 0.1) is 17.0 Å². The van der Waals surface area contributed by atoms with Gasteiger partial charge in [0.25, 0.3) is 11.6 Å². The molecule has 2 heterocycles. The van der Waals surface area contributed by atoms with E-state index in [1.54, 1.807) is 24.3 Å². The van der Waals surface area contributed by atoms with Gasteiger partial charge < -0.3 is 20.3 Å². The number of urea groups is 1. The first-order valence-electron chi connectivity index (χ1n) is 10.6. The number of nitrogens with zero attached hydrogens (tertiary/aromatic N) is 3. The molecule has 11 nitrogen and oxygen atoms in total. The minimum atomic E-state index is -0.741. The lowest BCUT2D eigenvalue weighted by atomic mass is 10.1. The predicted molar refractivity (Wildman–Crippen MR) is 124 cm³/mol. The molecule has 0 unspecified atom stereocenters. The molecular weight excluding hydrogens is 442 g/mol. The summed E-state index contributed by atoms with van der Waals surface area (Å²) in [5, 5.41) is 16.7. The van der Waals surface area contributed by atoms with E-state index >= 15 is 0 Å². The van der Waals surface area contributed by atoms with E-state index in [1.165, 1.54) is 12.1 Å². The standard InChI is InChI=1S/C23H23N5O6/c1-15-2-5-17(6-3-15)24-21(29)14-27-22(30)18(25-23(27)31)12-16-4-7-19(20(13-16)28(32)33)26-8-10-34-11-9-26/h2-7,12-13H,8-11,14H2,1H3,(H,24,29)(H,25,31)/b18-12+. The maximum absolute atomic E-state index is 12.7. The van der Waals surface area contributed by atoms with Crippen LogP contribution in [0.3, 0.4) is 0 Å². The van der Waals surface area contributed by atoms with Crippen molar-refractivity contribution < 1.29 is 24.0 Å². The van der Waals surface area contributed by atoms with Gasteiger partial charge in [-0.3, -0.25) is 19.7 Å². The lowest BCUT2D eigenvalue weighted by Crippen LogP contribution is -2.38. The number of benzene rings is 2. The Balaban J connectivity index is 1.49. The minimum absolute atomic E-state index is 0.0680. The average Bonchev–Trinajstić information content (AvgIpc) is 3.08. The lowest BCUT2D eigenvalue weighted by Gasteiger charge is -2.28. The fraction of sp³-hybridized carbons (Fsp3) is 0.261. The molecule has 0 bridgehead atoms. The van der Waals surface area contributed by atoms with E-state index in [9.17, 15) is 24.5 Å². The number of anilines is 2. The van der Waals surface area contributed by atoms with Crippen LogP contribution in [0.4, 0.5) is 21.9 Å². The maximum Gasteiger partial charge on any atom is 0.329 e. The number of nitro groups is 1. The second-order valence-corrected chi connectivity index (χ2v) is 7.90. The predicted octanol–water partition coefficient (Wildman–Crippen LogP) is 2.27. The smallest absolute Gasteiger partial charge is 0.329 e. The van der Waals surface area contributed by atoms with E-state index in [-0.39, 0.29) is 11.4 Å². The minimum Gasteiger partial charge on any atom is -0.378 e. The van der Waals surface area contributed by atoms with Crippen molar-refractivity contribution in [3.63, 3.8) is 0 Å². The summed E-state index contributed by atoms with van der Waals surface area (Å²) in [6.45, 7) is 3.49. The number of carbonyl (C=O) groups is 3. The fourth-order valence-electron chi connectivity index (χ4n) is 3.71. The van der Waals surface area contributed by atoms with Crippen molar-refractivity contribution in [2.45, 2.75) is 6.92 Å². The molecule has 0 aromatic heterocycles. The normalized spacial score (nSPS) is 17.1. The number of nitrogens with one attached hydrogen (secondary N) is 2. The first kappa shape index (κ1) is 22.9. The van der Waals surface area contributed by atoms with Crippen molar-refractivity contribution in [1.82, 2.24) is 10.2 Å². The van der Waals surface area contributed by atoms with Crippen LogP contribution in [0.25, 0.3) is 6.08 Å². The molecule has 0 spiro atoms. The highest BCUT2D eigenvalue weighted by atomic mass is 16.6. The Labute approximate surface area is 195 Å². The number of carbonyl (C=O) groups excluding carboxylic acids is 3. The van der Waals surface area contributed by atoms with Crippen LogP contribution in [0.15, 0.2) is 48.2 Å². The van der Waals surface area contributed by atoms with E-state index in [2.05, 4.69) is 10.6 Å². The number of nitro benzene ring substituents is 1. The molecule has 0 radical (unpaired) electrons. The first-order valence-corrected chi connectivity index (χ1v) is 10.6. The summed E-state index contributed by atoms with van der Waals surface area (Å²) < 4.78 is 5.30. The molecule has 2 fully saturated rings. The van der Waals surface area contributed by atoms with Crippen LogP contribution in [0.5, 0.6) is 0 Å². The molecule has 2 aliphatic heterocycles. The molecular formula is C23H23N5O6. The Morgan fingerprint density at radius 2 is 1.88 bits per heavy atom. The van der Waals surface area contributed by atoms with Gasteiger partial charge in [0, 0.05) is 24.8 Å². The number of aryl methyl sites for hydroxylation is 1. The Bertz CT molecular complexity index is 1170. The van der Waals surface area contributed by atoms with Gasteiger partial charge >= 0.3 is 6.03 Å². The van der Waals surface area contributed by atoms with Crippen LogP contribution in [0.1, 0.15) is 11.1 Å². The molecule has 4 amide bonds. The number of imide groups is 1. The third kappa shape index (κ3) is 5.04. The van der Waals surface area contributed by atoms with E-state index in [1.807, 2.05) is 24.0 Å². The zero-order chi connectivity index (χ0) is 24.2. The summed E-state index contributed by atoms with van der Waals surface area (Å²) in [7, 11) is 0. The molecule has 34 heavy (non-hydrogen) atoms. The van der Waals surface area contributed by atoms with Gasteiger partial charge in [-0.25, -0.2) is 9.69 Å². The van der Waals surface area contributed by atoms with Crippen LogP contribution >= 0.6 is 0 Å². The van der Waals surface area contributed by atoms with Crippen molar-refractivity contribution >= 4 is 41.0 Å². The van der Waals surface area contributed by atoms with Crippen LogP contribution < -0.4 is 15.5 Å². The highest BCUT2D eigenvalue weighted by Gasteiger charge is 2.35. The summed E-state index contributed by atoms with van der Waals surface area (Å²) >= 11 is 0. The van der Waals surface area contributed by atoms with E-state index in [0.717, 1.165) is 10.5 Å². The molecule has 2 saturated heterocycles. The SMILES string of the molecule is Cc1ccc(NC(=O)CN2C(=O)N/C(=C/c3ccc(N4CCOCC4)c([N+](=O)[O-])c3)C2=O)cc1. The van der Waals surface area contributed by atoms with E-state index in [0.29, 0.717) is 43.2 Å². The Morgan fingerprint density at radius 3 is 2.56 bits per heavy atom. The van der Waals surface area contributed by atoms with Gasteiger partial charge in [-0.2, -0.15) is 0 Å². The van der Waals surface area contributed by atoms with Crippen LogP contribution in [-0.4, -0.2) is 60.5 Å². The molecule has 176 valence electrons. The van der Waals surface area contributed by atoms with Gasteiger partial charge in [0.1, 0.15) is 17.9 Å². The second-order valence-electron chi connectivity index (χ2n) is 7.90. The molecule has 2 aromatic carbocycles. The van der Waals surface area contributed by atoms with Gasteiger partial charge in [-0.15, -0.1) is 0 Å². The van der Waals surface area contributed by atoms with Gasteiger partial charge in [0.05, 0.1) is 18.1 Å². The zero-order valence-corrected chi connectivity index (χ0v) is 18.4. The molecule has 11 heteroatoms. The van der Waals surface area contributed by atoms with Crippen molar-refractivity contribution in [2.75, 3.05) is 43.1 Å². The summed E-state index contributed by atoms with van der Waals surface area (Å²) in [6, 6.07) is 11.0. The molecule has 2 aromatic rings. The number of rotatable bonds is 6. The van der Waals surface area contributed by atoms with Crippen LogP contribution in [-0.2, 0) is 14.3 Å². The Hall–Kier alpha value is -4.25. The number of amides is 4. The van der Waals surface area contributed by atoms with E-state index < -0.39 is 29.3 Å². The van der Waals surface area contributed by atoms with Crippen molar-refractivity contribution in [3.8, 4) is 0 Å². The quantitative estimate of drug-likeness (QED) is 0.289. The Kier molecular flexibility index (Phi) is 6.55. The zero-order valence-electron chi connectivity index (χ0n) is 18.4. The van der Waals surface area contributed by atoms with Gasteiger partial charge in [0.2, 0.25) is 5.91 Å². The van der Waals surface area contributed by atoms with Crippen molar-refractivity contribution in [3.05, 3.63) is 69.4 Å². The monoisotopic (exact) mass is 465 g/mol. The topological polar surface area (TPSA) is 134 Å². The Morgan fingerprint density at radius 1 is 1.18 bits per heavy atom. The number of hydrogen-bond acceptors (Lipinski definition) is 7.